The molecule has 94 valence electrons. The zero-order chi connectivity index (χ0) is 13.4. The van der Waals surface area contributed by atoms with Gasteiger partial charge in [0.2, 0.25) is 0 Å². The molecule has 2 aromatic heterocycles. The number of nitriles is 1. The second kappa shape index (κ2) is 4.68. The highest BCUT2D eigenvalue weighted by Gasteiger charge is 2.20. The zero-order valence-electron chi connectivity index (χ0n) is 10.5. The average Bonchev–Trinajstić information content (AvgIpc) is 2.84. The third-order valence-electron chi connectivity index (χ3n) is 3.30. The molecule has 1 unspecified atom stereocenters. The number of anilines is 1. The van der Waals surface area contributed by atoms with E-state index in [1.807, 2.05) is 30.5 Å². The second-order valence-corrected chi connectivity index (χ2v) is 6.02. The summed E-state index contributed by atoms with van der Waals surface area (Å²) in [5.41, 5.74) is 8.62. The minimum absolute atomic E-state index is 0.0864. The zero-order valence-corrected chi connectivity index (χ0v) is 12.1. The lowest BCUT2D eigenvalue weighted by Gasteiger charge is -2.16. The molecule has 5 heteroatoms. The van der Waals surface area contributed by atoms with E-state index in [0.29, 0.717) is 11.4 Å². The van der Waals surface area contributed by atoms with Gasteiger partial charge in [0, 0.05) is 10.6 Å². The molecular weight excluding hydrogens is 266 g/mol. The van der Waals surface area contributed by atoms with Crippen molar-refractivity contribution < 1.29 is 0 Å². The van der Waals surface area contributed by atoms with Gasteiger partial charge in [-0.15, -0.1) is 11.3 Å². The predicted molar refractivity (Wildman–Crippen MR) is 76.2 cm³/mol. The van der Waals surface area contributed by atoms with Gasteiger partial charge in [0.15, 0.2) is 0 Å². The van der Waals surface area contributed by atoms with E-state index in [1.165, 1.54) is 11.3 Å². The number of thiophene rings is 1. The first-order valence-corrected chi connectivity index (χ1v) is 6.79. The topological polar surface area (TPSA) is 54.7 Å². The summed E-state index contributed by atoms with van der Waals surface area (Å²) in [5.74, 6) is 0.532. The predicted octanol–water partition coefficient (Wildman–Crippen LogP) is 3.88. The van der Waals surface area contributed by atoms with Crippen LogP contribution in [-0.4, -0.2) is 4.57 Å². The fourth-order valence-corrected chi connectivity index (χ4v) is 3.28. The van der Waals surface area contributed by atoms with Crippen molar-refractivity contribution >= 4 is 28.8 Å². The minimum atomic E-state index is 0.0864. The summed E-state index contributed by atoms with van der Waals surface area (Å²) < 4.78 is 2.76. The SMILES string of the molecule is Cc1c(C#N)c(N)n(C(C)c2ccc(Cl)s2)c1C. The van der Waals surface area contributed by atoms with Crippen LogP contribution in [0.4, 0.5) is 5.82 Å². The van der Waals surface area contributed by atoms with E-state index in [9.17, 15) is 0 Å². The molecule has 0 radical (unpaired) electrons. The number of nitrogens with two attached hydrogens (primary N) is 1. The maximum atomic E-state index is 9.13. The maximum absolute atomic E-state index is 9.13. The standard InChI is InChI=1S/C13H14ClN3S/c1-7-8(2)17(13(16)10(7)6-15)9(3)11-4-5-12(14)18-11/h4-5,9H,16H2,1-3H3. The van der Waals surface area contributed by atoms with Crippen LogP contribution in [0.5, 0.6) is 0 Å². The van der Waals surface area contributed by atoms with Gasteiger partial charge in [0.1, 0.15) is 11.9 Å². The van der Waals surface area contributed by atoms with Gasteiger partial charge in [0.05, 0.1) is 15.9 Å². The Morgan fingerprint density at radius 3 is 2.56 bits per heavy atom. The van der Waals surface area contributed by atoms with Crippen LogP contribution >= 0.6 is 22.9 Å². The Balaban J connectivity index is 2.56. The Hall–Kier alpha value is -1.44. The molecular formula is C13H14ClN3S. The summed E-state index contributed by atoms with van der Waals surface area (Å²) in [6, 6.07) is 6.13. The number of hydrogen-bond donors (Lipinski definition) is 1. The first-order valence-electron chi connectivity index (χ1n) is 5.59. The molecule has 3 nitrogen and oxygen atoms in total. The molecule has 18 heavy (non-hydrogen) atoms. The summed E-state index contributed by atoms with van der Waals surface area (Å²) in [6.45, 7) is 5.97. The lowest BCUT2D eigenvalue weighted by molar-refractivity contribution is 0.644. The third kappa shape index (κ3) is 1.90. The highest BCUT2D eigenvalue weighted by Crippen LogP contribution is 2.34. The molecule has 2 N–H and O–H groups in total. The molecule has 0 aliphatic rings. The molecule has 0 spiro atoms. The largest absolute Gasteiger partial charge is 0.384 e. The Bertz CT molecular complexity index is 633. The molecule has 0 aliphatic heterocycles. The van der Waals surface area contributed by atoms with Gasteiger partial charge in [-0.25, -0.2) is 0 Å². The molecule has 0 bridgehead atoms. The lowest BCUT2D eigenvalue weighted by Crippen LogP contribution is -2.10. The van der Waals surface area contributed by atoms with E-state index in [4.69, 9.17) is 22.6 Å². The first kappa shape index (κ1) is 13.0. The Morgan fingerprint density at radius 2 is 2.11 bits per heavy atom. The van der Waals surface area contributed by atoms with Crippen LogP contribution in [0.15, 0.2) is 12.1 Å². The van der Waals surface area contributed by atoms with Crippen LogP contribution in [0.1, 0.15) is 34.7 Å². The molecule has 0 aliphatic carbocycles. The van der Waals surface area contributed by atoms with Crippen molar-refractivity contribution in [3.63, 3.8) is 0 Å². The van der Waals surface area contributed by atoms with Crippen LogP contribution in [0.2, 0.25) is 4.34 Å². The summed E-state index contributed by atoms with van der Waals surface area (Å²) in [5, 5.41) is 9.13. The van der Waals surface area contributed by atoms with Crippen molar-refractivity contribution in [2.24, 2.45) is 0 Å². The number of nitrogens with zero attached hydrogens (tertiary/aromatic N) is 2. The molecule has 2 rings (SSSR count). The van der Waals surface area contributed by atoms with E-state index in [-0.39, 0.29) is 6.04 Å². The van der Waals surface area contributed by atoms with Crippen LogP contribution < -0.4 is 5.73 Å². The summed E-state index contributed by atoms with van der Waals surface area (Å²) in [6.07, 6.45) is 0. The molecule has 0 aromatic carbocycles. The number of hydrogen-bond acceptors (Lipinski definition) is 3. The van der Waals surface area contributed by atoms with E-state index in [2.05, 4.69) is 13.0 Å². The third-order valence-corrected chi connectivity index (χ3v) is 4.70. The van der Waals surface area contributed by atoms with E-state index in [1.54, 1.807) is 0 Å². The molecule has 0 saturated heterocycles. The van der Waals surface area contributed by atoms with Crippen LogP contribution in [0.25, 0.3) is 0 Å². The summed E-state index contributed by atoms with van der Waals surface area (Å²) >= 11 is 7.50. The minimum Gasteiger partial charge on any atom is -0.384 e. The van der Waals surface area contributed by atoms with Gasteiger partial charge in [-0.05, 0) is 38.5 Å². The van der Waals surface area contributed by atoms with Gasteiger partial charge < -0.3 is 10.3 Å². The van der Waals surface area contributed by atoms with Crippen molar-refractivity contribution in [3.05, 3.63) is 38.2 Å². The highest BCUT2D eigenvalue weighted by molar-refractivity contribution is 7.16. The monoisotopic (exact) mass is 279 g/mol. The van der Waals surface area contributed by atoms with Gasteiger partial charge >= 0.3 is 0 Å². The number of halogens is 1. The van der Waals surface area contributed by atoms with Crippen LogP contribution in [-0.2, 0) is 0 Å². The van der Waals surface area contributed by atoms with Gasteiger partial charge in [-0.3, -0.25) is 0 Å². The van der Waals surface area contributed by atoms with E-state index >= 15 is 0 Å². The summed E-state index contributed by atoms with van der Waals surface area (Å²) in [4.78, 5) is 1.13. The van der Waals surface area contributed by atoms with Gasteiger partial charge in [-0.1, -0.05) is 11.6 Å². The smallest absolute Gasteiger partial charge is 0.122 e. The van der Waals surface area contributed by atoms with Crippen LogP contribution in [0, 0.1) is 25.2 Å². The van der Waals surface area contributed by atoms with Crippen molar-refractivity contribution in [3.8, 4) is 6.07 Å². The molecule has 0 amide bonds. The average molecular weight is 280 g/mol. The molecule has 0 saturated carbocycles. The number of nitrogen functional groups attached to an aromatic ring is 1. The van der Waals surface area contributed by atoms with Crippen molar-refractivity contribution in [1.29, 1.82) is 5.26 Å². The Kier molecular flexibility index (Phi) is 3.38. The molecule has 2 heterocycles. The van der Waals surface area contributed by atoms with E-state index in [0.717, 1.165) is 20.5 Å². The van der Waals surface area contributed by atoms with Gasteiger partial charge in [-0.2, -0.15) is 5.26 Å². The molecule has 0 fully saturated rings. The molecule has 2 aromatic rings. The van der Waals surface area contributed by atoms with E-state index < -0.39 is 0 Å². The molecule has 1 atom stereocenters. The summed E-state index contributed by atoms with van der Waals surface area (Å²) in [7, 11) is 0. The van der Waals surface area contributed by atoms with Crippen molar-refractivity contribution in [2.45, 2.75) is 26.8 Å². The fraction of sp³-hybridized carbons (Fsp3) is 0.308. The quantitative estimate of drug-likeness (QED) is 0.907. The lowest BCUT2D eigenvalue weighted by atomic mass is 10.2. The van der Waals surface area contributed by atoms with Crippen LogP contribution in [0.3, 0.4) is 0 Å². The normalized spacial score (nSPS) is 12.4. The Morgan fingerprint density at radius 1 is 1.44 bits per heavy atom. The van der Waals surface area contributed by atoms with Crippen molar-refractivity contribution in [1.82, 2.24) is 4.57 Å². The second-order valence-electron chi connectivity index (χ2n) is 4.27. The fourth-order valence-electron chi connectivity index (χ4n) is 2.18. The van der Waals surface area contributed by atoms with Gasteiger partial charge in [0.25, 0.3) is 0 Å². The number of aromatic nitrogens is 1. The first-order chi connectivity index (χ1) is 8.47. The Labute approximate surface area is 115 Å². The number of rotatable bonds is 2. The maximum Gasteiger partial charge on any atom is 0.122 e. The van der Waals surface area contributed by atoms with Crippen molar-refractivity contribution in [2.75, 3.05) is 5.73 Å². The highest BCUT2D eigenvalue weighted by atomic mass is 35.5.